The summed E-state index contributed by atoms with van der Waals surface area (Å²) < 4.78 is 10.5. The molecule has 0 heterocycles. The van der Waals surface area contributed by atoms with Crippen LogP contribution >= 0.6 is 0 Å². The second-order valence-electron chi connectivity index (χ2n) is 4.59. The number of ether oxygens (including phenoxy) is 2. The van der Waals surface area contributed by atoms with E-state index in [1.807, 2.05) is 6.07 Å². The molecule has 0 saturated carbocycles. The van der Waals surface area contributed by atoms with E-state index in [4.69, 9.17) is 9.47 Å². The maximum Gasteiger partial charge on any atom is 0.122 e. The SMILES string of the molecule is CCC(C)NCCCc1cc(OC)cc(OC)c1. The van der Waals surface area contributed by atoms with Gasteiger partial charge in [0.2, 0.25) is 0 Å². The quantitative estimate of drug-likeness (QED) is 0.720. The predicted molar refractivity (Wildman–Crippen MR) is 75.6 cm³/mol. The van der Waals surface area contributed by atoms with Crippen LogP contribution in [0.3, 0.4) is 0 Å². The Morgan fingerprint density at radius 2 is 1.72 bits per heavy atom. The van der Waals surface area contributed by atoms with Crippen molar-refractivity contribution in [2.24, 2.45) is 0 Å². The first-order valence-corrected chi connectivity index (χ1v) is 6.65. The van der Waals surface area contributed by atoms with Crippen molar-refractivity contribution in [3.05, 3.63) is 23.8 Å². The van der Waals surface area contributed by atoms with Gasteiger partial charge < -0.3 is 14.8 Å². The van der Waals surface area contributed by atoms with E-state index in [2.05, 4.69) is 31.3 Å². The Bertz CT molecular complexity index is 330. The smallest absolute Gasteiger partial charge is 0.122 e. The molecule has 18 heavy (non-hydrogen) atoms. The van der Waals surface area contributed by atoms with Crippen LogP contribution in [-0.2, 0) is 6.42 Å². The summed E-state index contributed by atoms with van der Waals surface area (Å²) in [5, 5.41) is 3.50. The molecule has 1 aromatic carbocycles. The maximum absolute atomic E-state index is 5.26. The largest absolute Gasteiger partial charge is 0.497 e. The average molecular weight is 251 g/mol. The lowest BCUT2D eigenvalue weighted by Crippen LogP contribution is -2.26. The summed E-state index contributed by atoms with van der Waals surface area (Å²) in [5.74, 6) is 1.72. The zero-order chi connectivity index (χ0) is 13.4. The van der Waals surface area contributed by atoms with Crippen LogP contribution in [0.5, 0.6) is 11.5 Å². The summed E-state index contributed by atoms with van der Waals surface area (Å²) in [4.78, 5) is 0. The summed E-state index contributed by atoms with van der Waals surface area (Å²) in [6, 6.07) is 6.66. The van der Waals surface area contributed by atoms with Gasteiger partial charge in [0.15, 0.2) is 0 Å². The number of hydrogen-bond acceptors (Lipinski definition) is 3. The first-order valence-electron chi connectivity index (χ1n) is 6.65. The van der Waals surface area contributed by atoms with Crippen LogP contribution in [0.2, 0.25) is 0 Å². The molecule has 0 fully saturated rings. The van der Waals surface area contributed by atoms with Gasteiger partial charge in [0, 0.05) is 12.1 Å². The van der Waals surface area contributed by atoms with Crippen LogP contribution in [0.25, 0.3) is 0 Å². The summed E-state index contributed by atoms with van der Waals surface area (Å²) in [6.07, 6.45) is 3.34. The fourth-order valence-corrected chi connectivity index (χ4v) is 1.80. The molecule has 0 radical (unpaired) electrons. The molecule has 1 rings (SSSR count). The van der Waals surface area contributed by atoms with Crippen LogP contribution in [0.4, 0.5) is 0 Å². The minimum atomic E-state index is 0.602. The number of benzene rings is 1. The van der Waals surface area contributed by atoms with E-state index in [1.54, 1.807) is 14.2 Å². The summed E-state index contributed by atoms with van der Waals surface area (Å²) >= 11 is 0. The zero-order valence-corrected chi connectivity index (χ0v) is 12.0. The van der Waals surface area contributed by atoms with Crippen molar-refractivity contribution in [3.63, 3.8) is 0 Å². The van der Waals surface area contributed by atoms with E-state index >= 15 is 0 Å². The molecule has 0 bridgehead atoms. The van der Waals surface area contributed by atoms with Gasteiger partial charge in [-0.1, -0.05) is 6.92 Å². The monoisotopic (exact) mass is 251 g/mol. The molecule has 1 N–H and O–H groups in total. The number of hydrogen-bond donors (Lipinski definition) is 1. The van der Waals surface area contributed by atoms with E-state index in [0.29, 0.717) is 6.04 Å². The fourth-order valence-electron chi connectivity index (χ4n) is 1.80. The van der Waals surface area contributed by atoms with Gasteiger partial charge in [0.1, 0.15) is 11.5 Å². The first kappa shape index (κ1) is 14.8. The van der Waals surface area contributed by atoms with E-state index in [1.165, 1.54) is 12.0 Å². The van der Waals surface area contributed by atoms with Crippen molar-refractivity contribution in [2.45, 2.75) is 39.2 Å². The molecule has 0 spiro atoms. The van der Waals surface area contributed by atoms with Gasteiger partial charge in [-0.25, -0.2) is 0 Å². The standard InChI is InChI=1S/C15H25NO2/c1-5-12(2)16-8-6-7-13-9-14(17-3)11-15(10-13)18-4/h9-12,16H,5-8H2,1-4H3. The molecule has 3 nitrogen and oxygen atoms in total. The third kappa shape index (κ3) is 4.96. The molecule has 0 aromatic heterocycles. The van der Waals surface area contributed by atoms with Gasteiger partial charge in [-0.2, -0.15) is 0 Å². The van der Waals surface area contributed by atoms with Crippen molar-refractivity contribution in [1.29, 1.82) is 0 Å². The van der Waals surface area contributed by atoms with Gasteiger partial charge in [0.05, 0.1) is 14.2 Å². The van der Waals surface area contributed by atoms with Gasteiger partial charge in [-0.15, -0.1) is 0 Å². The number of methoxy groups -OCH3 is 2. The van der Waals surface area contributed by atoms with E-state index in [9.17, 15) is 0 Å². The Kier molecular flexibility index (Phi) is 6.58. The molecular weight excluding hydrogens is 226 g/mol. The molecule has 1 atom stereocenters. The Hall–Kier alpha value is -1.22. The highest BCUT2D eigenvalue weighted by Gasteiger charge is 2.02. The van der Waals surface area contributed by atoms with Gasteiger partial charge in [0.25, 0.3) is 0 Å². The van der Waals surface area contributed by atoms with Gasteiger partial charge in [-0.3, -0.25) is 0 Å². The second kappa shape index (κ2) is 7.98. The zero-order valence-electron chi connectivity index (χ0n) is 12.0. The van der Waals surface area contributed by atoms with Crippen molar-refractivity contribution < 1.29 is 9.47 Å². The van der Waals surface area contributed by atoms with Crippen molar-refractivity contribution >= 4 is 0 Å². The van der Waals surface area contributed by atoms with E-state index in [0.717, 1.165) is 30.9 Å². The van der Waals surface area contributed by atoms with Crippen LogP contribution in [0, 0.1) is 0 Å². The summed E-state index contributed by atoms with van der Waals surface area (Å²) in [6.45, 7) is 5.47. The Morgan fingerprint density at radius 3 is 2.22 bits per heavy atom. The number of nitrogens with one attached hydrogen (secondary N) is 1. The van der Waals surface area contributed by atoms with Crippen LogP contribution in [-0.4, -0.2) is 26.8 Å². The van der Waals surface area contributed by atoms with E-state index in [-0.39, 0.29) is 0 Å². The summed E-state index contributed by atoms with van der Waals surface area (Å²) in [7, 11) is 3.37. The van der Waals surface area contributed by atoms with Crippen LogP contribution in [0.15, 0.2) is 18.2 Å². The Labute approximate surface area is 110 Å². The molecule has 1 unspecified atom stereocenters. The summed E-state index contributed by atoms with van der Waals surface area (Å²) in [5.41, 5.74) is 1.26. The Morgan fingerprint density at radius 1 is 1.11 bits per heavy atom. The average Bonchev–Trinajstić information content (AvgIpc) is 2.42. The lowest BCUT2D eigenvalue weighted by Gasteiger charge is -2.11. The lowest BCUT2D eigenvalue weighted by molar-refractivity contribution is 0.393. The highest BCUT2D eigenvalue weighted by molar-refractivity contribution is 5.38. The molecule has 1 aromatic rings. The van der Waals surface area contributed by atoms with Gasteiger partial charge in [-0.05, 0) is 50.4 Å². The van der Waals surface area contributed by atoms with Crippen LogP contribution in [0.1, 0.15) is 32.3 Å². The fraction of sp³-hybridized carbons (Fsp3) is 0.600. The van der Waals surface area contributed by atoms with E-state index < -0.39 is 0 Å². The highest BCUT2D eigenvalue weighted by Crippen LogP contribution is 2.23. The second-order valence-corrected chi connectivity index (χ2v) is 4.59. The molecule has 0 amide bonds. The number of aryl methyl sites for hydroxylation is 1. The lowest BCUT2D eigenvalue weighted by atomic mass is 10.1. The number of rotatable bonds is 8. The minimum Gasteiger partial charge on any atom is -0.497 e. The third-order valence-corrected chi connectivity index (χ3v) is 3.16. The highest BCUT2D eigenvalue weighted by atomic mass is 16.5. The maximum atomic E-state index is 5.26. The van der Waals surface area contributed by atoms with Crippen molar-refractivity contribution in [2.75, 3.05) is 20.8 Å². The molecule has 0 aliphatic carbocycles. The molecule has 0 aliphatic heterocycles. The Balaban J connectivity index is 2.46. The van der Waals surface area contributed by atoms with Crippen molar-refractivity contribution in [3.8, 4) is 11.5 Å². The van der Waals surface area contributed by atoms with Gasteiger partial charge >= 0.3 is 0 Å². The molecule has 0 aliphatic rings. The third-order valence-electron chi connectivity index (χ3n) is 3.16. The molecule has 102 valence electrons. The van der Waals surface area contributed by atoms with Crippen LogP contribution < -0.4 is 14.8 Å². The van der Waals surface area contributed by atoms with Crippen molar-refractivity contribution in [1.82, 2.24) is 5.32 Å². The molecular formula is C15H25NO2. The minimum absolute atomic E-state index is 0.602. The topological polar surface area (TPSA) is 30.5 Å². The predicted octanol–water partition coefficient (Wildman–Crippen LogP) is 3.02. The normalized spacial score (nSPS) is 12.2. The molecule has 3 heteroatoms. The first-order chi connectivity index (χ1) is 8.69. The molecule has 0 saturated heterocycles.